The van der Waals surface area contributed by atoms with Gasteiger partial charge in [0.2, 0.25) is 5.82 Å². The third-order valence-corrected chi connectivity index (χ3v) is 2.46. The van der Waals surface area contributed by atoms with Crippen LogP contribution in [0.4, 0.5) is 11.5 Å². The van der Waals surface area contributed by atoms with Crippen LogP contribution in [0.2, 0.25) is 5.15 Å². The molecule has 0 aliphatic rings. The van der Waals surface area contributed by atoms with Gasteiger partial charge in [-0.1, -0.05) is 11.6 Å². The van der Waals surface area contributed by atoms with Crippen LogP contribution in [-0.4, -0.2) is 22.5 Å². The van der Waals surface area contributed by atoms with Crippen molar-refractivity contribution in [3.8, 4) is 0 Å². The quantitative estimate of drug-likeness (QED) is 0.464. The zero-order chi connectivity index (χ0) is 12.3. The van der Waals surface area contributed by atoms with E-state index in [9.17, 15) is 10.1 Å². The van der Waals surface area contributed by atoms with Gasteiger partial charge in [-0.3, -0.25) is 10.1 Å². The first-order valence-electron chi connectivity index (χ1n) is 5.05. The van der Waals surface area contributed by atoms with E-state index >= 15 is 0 Å². The van der Waals surface area contributed by atoms with Gasteiger partial charge < -0.3 is 4.90 Å². The molecule has 0 aliphatic carbocycles. The van der Waals surface area contributed by atoms with Crippen LogP contribution in [0.3, 0.4) is 0 Å². The van der Waals surface area contributed by atoms with E-state index in [-0.39, 0.29) is 16.9 Å². The zero-order valence-electron chi connectivity index (χ0n) is 9.48. The minimum absolute atomic E-state index is 0.0139. The number of aromatic nitrogens is 1. The Morgan fingerprint density at radius 2 is 2.19 bits per heavy atom. The molecule has 0 atom stereocenters. The lowest BCUT2D eigenvalue weighted by atomic mass is 10.3. The van der Waals surface area contributed by atoms with Gasteiger partial charge in [0.05, 0.1) is 4.92 Å². The van der Waals surface area contributed by atoms with E-state index in [4.69, 9.17) is 11.6 Å². The van der Waals surface area contributed by atoms with Gasteiger partial charge in [-0.25, -0.2) is 4.98 Å². The van der Waals surface area contributed by atoms with Crippen LogP contribution in [0.5, 0.6) is 0 Å². The molecule has 6 heteroatoms. The van der Waals surface area contributed by atoms with Crippen molar-refractivity contribution >= 4 is 23.1 Å². The topological polar surface area (TPSA) is 59.3 Å². The van der Waals surface area contributed by atoms with Crippen LogP contribution in [0, 0.1) is 10.1 Å². The molecule has 0 N–H and O–H groups in total. The molecule has 0 unspecified atom stereocenters. The predicted molar refractivity (Wildman–Crippen MR) is 64.1 cm³/mol. The molecule has 0 saturated heterocycles. The van der Waals surface area contributed by atoms with Crippen LogP contribution >= 0.6 is 11.6 Å². The lowest BCUT2D eigenvalue weighted by Gasteiger charge is -2.25. The first-order valence-corrected chi connectivity index (χ1v) is 5.42. The maximum absolute atomic E-state index is 10.9. The molecule has 0 aromatic carbocycles. The highest BCUT2D eigenvalue weighted by Gasteiger charge is 2.22. The number of halogens is 1. The molecule has 0 bridgehead atoms. The van der Waals surface area contributed by atoms with Crippen molar-refractivity contribution in [2.45, 2.75) is 26.8 Å². The van der Waals surface area contributed by atoms with Gasteiger partial charge in [0, 0.05) is 18.7 Å². The van der Waals surface area contributed by atoms with Crippen molar-refractivity contribution in [3.63, 3.8) is 0 Å². The second-order valence-corrected chi connectivity index (χ2v) is 4.00. The average Bonchev–Trinajstić information content (AvgIpc) is 2.17. The molecule has 1 rings (SSSR count). The molecule has 5 nitrogen and oxygen atoms in total. The molecular weight excluding hydrogens is 230 g/mol. The molecule has 1 aromatic heterocycles. The predicted octanol–water partition coefficient (Wildman–Crippen LogP) is 2.88. The molecule has 0 spiro atoms. The van der Waals surface area contributed by atoms with E-state index in [0.717, 1.165) is 0 Å². The fourth-order valence-electron chi connectivity index (χ4n) is 1.53. The Bertz CT molecular complexity index is 396. The largest absolute Gasteiger partial charge is 0.349 e. The van der Waals surface area contributed by atoms with Crippen LogP contribution in [0.25, 0.3) is 0 Å². The van der Waals surface area contributed by atoms with E-state index in [1.54, 1.807) is 0 Å². The molecule has 0 radical (unpaired) electrons. The van der Waals surface area contributed by atoms with Gasteiger partial charge >= 0.3 is 5.69 Å². The van der Waals surface area contributed by atoms with Crippen LogP contribution in [0.15, 0.2) is 12.1 Å². The molecule has 16 heavy (non-hydrogen) atoms. The molecule has 0 amide bonds. The second kappa shape index (κ2) is 5.12. The number of hydrogen-bond acceptors (Lipinski definition) is 4. The van der Waals surface area contributed by atoms with Crippen LogP contribution in [0.1, 0.15) is 20.8 Å². The second-order valence-electron chi connectivity index (χ2n) is 3.61. The smallest absolute Gasteiger partial charge is 0.311 e. The first kappa shape index (κ1) is 12.7. The summed E-state index contributed by atoms with van der Waals surface area (Å²) in [6.45, 7) is 6.48. The Morgan fingerprint density at radius 3 is 2.62 bits per heavy atom. The Kier molecular flexibility index (Phi) is 4.06. The van der Waals surface area contributed by atoms with Crippen LogP contribution < -0.4 is 4.90 Å². The lowest BCUT2D eigenvalue weighted by Crippen LogP contribution is -2.31. The van der Waals surface area contributed by atoms with E-state index in [1.165, 1.54) is 12.1 Å². The number of anilines is 1. The Labute approximate surface area is 99.2 Å². The van der Waals surface area contributed by atoms with Crippen molar-refractivity contribution in [2.24, 2.45) is 0 Å². The Morgan fingerprint density at radius 1 is 1.56 bits per heavy atom. The molecular formula is C10H14ClN3O2. The number of nitrogens with zero attached hydrogens (tertiary/aromatic N) is 3. The number of nitro groups is 1. The van der Waals surface area contributed by atoms with Gasteiger partial charge in [0.1, 0.15) is 5.15 Å². The van der Waals surface area contributed by atoms with Crippen molar-refractivity contribution in [3.05, 3.63) is 27.4 Å². The van der Waals surface area contributed by atoms with Gasteiger partial charge in [-0.05, 0) is 26.8 Å². The summed E-state index contributed by atoms with van der Waals surface area (Å²) in [6, 6.07) is 2.95. The standard InChI is InChI=1S/C10H14ClN3O2/c1-4-13(7(2)3)10-8(14(15)16)5-6-9(11)12-10/h5-7H,4H2,1-3H3. The highest BCUT2D eigenvalue weighted by Crippen LogP contribution is 2.28. The van der Waals surface area contributed by atoms with Crippen molar-refractivity contribution in [1.82, 2.24) is 4.98 Å². The molecule has 1 aromatic rings. The summed E-state index contributed by atoms with van der Waals surface area (Å²) in [5.41, 5.74) is -0.0139. The number of hydrogen-bond donors (Lipinski definition) is 0. The summed E-state index contributed by atoms with van der Waals surface area (Å²) < 4.78 is 0. The minimum atomic E-state index is -0.441. The van der Waals surface area contributed by atoms with Gasteiger partial charge in [-0.2, -0.15) is 0 Å². The first-order chi connectivity index (χ1) is 7.47. The third kappa shape index (κ3) is 2.61. The van der Waals surface area contributed by atoms with Crippen LogP contribution in [-0.2, 0) is 0 Å². The summed E-state index contributed by atoms with van der Waals surface area (Å²) in [4.78, 5) is 16.3. The SMILES string of the molecule is CCN(c1nc(Cl)ccc1[N+](=O)[O-])C(C)C. The summed E-state index contributed by atoms with van der Waals surface area (Å²) in [5.74, 6) is 0.329. The van der Waals surface area contributed by atoms with E-state index in [2.05, 4.69) is 4.98 Å². The maximum atomic E-state index is 10.9. The summed E-state index contributed by atoms with van der Waals surface area (Å²) in [5, 5.41) is 11.1. The molecule has 0 saturated carbocycles. The third-order valence-electron chi connectivity index (χ3n) is 2.25. The van der Waals surface area contributed by atoms with E-state index < -0.39 is 4.92 Å². The summed E-state index contributed by atoms with van der Waals surface area (Å²) >= 11 is 5.77. The number of pyridine rings is 1. The van der Waals surface area contributed by atoms with Gasteiger partial charge in [0.15, 0.2) is 0 Å². The molecule has 88 valence electrons. The normalized spacial score (nSPS) is 10.6. The Balaban J connectivity index is 3.27. The molecule has 0 aliphatic heterocycles. The minimum Gasteiger partial charge on any atom is -0.349 e. The van der Waals surface area contributed by atoms with E-state index in [0.29, 0.717) is 12.4 Å². The number of rotatable bonds is 4. The Hall–Kier alpha value is -1.36. The molecule has 0 fully saturated rings. The van der Waals surface area contributed by atoms with Crippen molar-refractivity contribution in [2.75, 3.05) is 11.4 Å². The van der Waals surface area contributed by atoms with Crippen molar-refractivity contribution < 1.29 is 4.92 Å². The van der Waals surface area contributed by atoms with Crippen molar-refractivity contribution in [1.29, 1.82) is 0 Å². The molecule has 1 heterocycles. The maximum Gasteiger partial charge on any atom is 0.311 e. The average molecular weight is 244 g/mol. The zero-order valence-corrected chi connectivity index (χ0v) is 10.2. The fraction of sp³-hybridized carbons (Fsp3) is 0.500. The fourth-order valence-corrected chi connectivity index (χ4v) is 1.67. The van der Waals surface area contributed by atoms with E-state index in [1.807, 2.05) is 25.7 Å². The summed E-state index contributed by atoms with van der Waals surface area (Å²) in [6.07, 6.45) is 0. The highest BCUT2D eigenvalue weighted by molar-refractivity contribution is 6.29. The monoisotopic (exact) mass is 243 g/mol. The summed E-state index contributed by atoms with van der Waals surface area (Å²) in [7, 11) is 0. The lowest BCUT2D eigenvalue weighted by molar-refractivity contribution is -0.384. The van der Waals surface area contributed by atoms with Gasteiger partial charge in [0.25, 0.3) is 0 Å². The highest BCUT2D eigenvalue weighted by atomic mass is 35.5. The van der Waals surface area contributed by atoms with Gasteiger partial charge in [-0.15, -0.1) is 0 Å².